The molecule has 3 unspecified atom stereocenters. The molecule has 214 valence electrons. The first-order valence-corrected chi connectivity index (χ1v) is 15.4. The second-order valence-electron chi connectivity index (χ2n) is 12.3. The van der Waals surface area contributed by atoms with E-state index in [1.54, 1.807) is 0 Å². The van der Waals surface area contributed by atoms with Crippen molar-refractivity contribution in [3.05, 3.63) is 119 Å². The number of allylic oxidation sites excluding steroid dienone is 4. The lowest BCUT2D eigenvalue weighted by Crippen LogP contribution is -2.38. The molecule has 2 aliphatic heterocycles. The molecule has 0 amide bonds. The van der Waals surface area contributed by atoms with Crippen LogP contribution in [0.25, 0.3) is 33.3 Å². The Hall–Kier alpha value is -4.22. The van der Waals surface area contributed by atoms with Gasteiger partial charge in [-0.2, -0.15) is 0 Å². The van der Waals surface area contributed by atoms with E-state index in [4.69, 9.17) is 11.5 Å². The summed E-state index contributed by atoms with van der Waals surface area (Å²) in [5.74, 6) is 0.264. The highest BCUT2D eigenvalue weighted by Crippen LogP contribution is 2.39. The van der Waals surface area contributed by atoms with Crippen LogP contribution in [-0.2, 0) is 6.42 Å². The Morgan fingerprint density at radius 1 is 0.833 bits per heavy atom. The molecule has 4 aliphatic rings. The van der Waals surface area contributed by atoms with Gasteiger partial charge in [0.25, 0.3) is 0 Å². The highest BCUT2D eigenvalue weighted by atomic mass is 15.2. The Balaban J connectivity index is 1.13. The maximum atomic E-state index is 6.77. The number of hydrogen-bond donors (Lipinski definition) is 5. The van der Waals surface area contributed by atoms with Crippen LogP contribution in [0.5, 0.6) is 0 Å². The first-order valence-electron chi connectivity index (χ1n) is 15.4. The van der Waals surface area contributed by atoms with Crippen molar-refractivity contribution in [2.24, 2.45) is 17.4 Å². The van der Waals surface area contributed by atoms with Crippen molar-refractivity contribution < 1.29 is 0 Å². The fourth-order valence-corrected chi connectivity index (χ4v) is 7.05. The summed E-state index contributed by atoms with van der Waals surface area (Å²) in [4.78, 5) is 0. The fourth-order valence-electron chi connectivity index (χ4n) is 7.05. The van der Waals surface area contributed by atoms with Crippen molar-refractivity contribution >= 4 is 22.2 Å². The van der Waals surface area contributed by atoms with Gasteiger partial charge in [0, 0.05) is 35.1 Å². The molecule has 0 saturated heterocycles. The third kappa shape index (κ3) is 4.92. The Kier molecular flexibility index (Phi) is 6.91. The molecular formula is C37H41N5. The Morgan fingerprint density at radius 2 is 1.57 bits per heavy atom. The zero-order valence-corrected chi connectivity index (χ0v) is 24.6. The van der Waals surface area contributed by atoms with Crippen molar-refractivity contribution in [2.45, 2.75) is 64.2 Å². The first-order chi connectivity index (χ1) is 20.4. The zero-order chi connectivity index (χ0) is 28.8. The van der Waals surface area contributed by atoms with Crippen LogP contribution < -0.4 is 27.4 Å². The van der Waals surface area contributed by atoms with E-state index >= 15 is 0 Å². The predicted octanol–water partition coefficient (Wildman–Crippen LogP) is 6.45. The molecule has 7 rings (SSSR count). The molecular weight excluding hydrogens is 514 g/mol. The van der Waals surface area contributed by atoms with Crippen LogP contribution in [0.15, 0.2) is 102 Å². The third-order valence-corrected chi connectivity index (χ3v) is 9.54. The van der Waals surface area contributed by atoms with E-state index in [9.17, 15) is 0 Å². The van der Waals surface area contributed by atoms with Crippen molar-refractivity contribution in [3.8, 4) is 11.1 Å². The van der Waals surface area contributed by atoms with Gasteiger partial charge in [0.2, 0.25) is 0 Å². The van der Waals surface area contributed by atoms with Crippen molar-refractivity contribution in [1.82, 2.24) is 16.0 Å². The van der Waals surface area contributed by atoms with Crippen LogP contribution >= 0.6 is 0 Å². The average Bonchev–Trinajstić information content (AvgIpc) is 3.39. The summed E-state index contributed by atoms with van der Waals surface area (Å²) in [6, 6.07) is 20.5. The summed E-state index contributed by atoms with van der Waals surface area (Å²) in [6.45, 7) is 4.36. The van der Waals surface area contributed by atoms with Crippen LogP contribution in [-0.4, -0.2) is 18.2 Å². The Bertz CT molecular complexity index is 1700. The molecule has 3 aromatic rings. The van der Waals surface area contributed by atoms with Gasteiger partial charge in [0.1, 0.15) is 0 Å². The highest BCUT2D eigenvalue weighted by Gasteiger charge is 2.28. The second-order valence-corrected chi connectivity index (χ2v) is 12.3. The van der Waals surface area contributed by atoms with Gasteiger partial charge in [0.15, 0.2) is 0 Å². The van der Waals surface area contributed by atoms with Gasteiger partial charge in [-0.25, -0.2) is 0 Å². The van der Waals surface area contributed by atoms with E-state index < -0.39 is 0 Å². The molecule has 0 radical (unpaired) electrons. The van der Waals surface area contributed by atoms with E-state index in [0.717, 1.165) is 43.5 Å². The molecule has 5 heteroatoms. The molecule has 0 aromatic heterocycles. The van der Waals surface area contributed by atoms with Crippen LogP contribution in [0.3, 0.4) is 0 Å². The number of rotatable bonds is 4. The van der Waals surface area contributed by atoms with E-state index in [-0.39, 0.29) is 24.2 Å². The van der Waals surface area contributed by atoms with Gasteiger partial charge in [-0.1, -0.05) is 66.8 Å². The number of fused-ring (bicyclic) bond motifs is 3. The minimum absolute atomic E-state index is 0.150. The molecule has 42 heavy (non-hydrogen) atoms. The lowest BCUT2D eigenvalue weighted by Gasteiger charge is -2.28. The maximum absolute atomic E-state index is 6.77. The minimum atomic E-state index is -0.152. The van der Waals surface area contributed by atoms with Gasteiger partial charge in [-0.05, 0) is 102 Å². The summed E-state index contributed by atoms with van der Waals surface area (Å²) in [5, 5.41) is 13.2. The largest absolute Gasteiger partial charge is 0.401 e. The molecule has 0 fully saturated rings. The van der Waals surface area contributed by atoms with Gasteiger partial charge >= 0.3 is 0 Å². The third-order valence-electron chi connectivity index (χ3n) is 9.54. The molecule has 7 N–H and O–H groups in total. The van der Waals surface area contributed by atoms with Gasteiger partial charge in [-0.15, -0.1) is 0 Å². The SMILES string of the molecule is CC1NC=C(c2ccc3cc(-c4ccc5c(c4)CCC4=C5NC(C)/C(=C(/N)[C@H](N)C5C=CC=CC5)CC4)ccc3c2)N1. The number of benzene rings is 3. The molecule has 0 saturated carbocycles. The Labute approximate surface area is 249 Å². The monoisotopic (exact) mass is 555 g/mol. The lowest BCUT2D eigenvalue weighted by molar-refractivity contribution is 0.539. The molecule has 5 nitrogen and oxygen atoms in total. The van der Waals surface area contributed by atoms with Gasteiger partial charge in [-0.3, -0.25) is 0 Å². The molecule has 2 aliphatic carbocycles. The highest BCUT2D eigenvalue weighted by molar-refractivity contribution is 5.90. The summed E-state index contributed by atoms with van der Waals surface area (Å²) < 4.78 is 0. The summed E-state index contributed by atoms with van der Waals surface area (Å²) >= 11 is 0. The molecule has 3 aromatic carbocycles. The van der Waals surface area contributed by atoms with E-state index in [1.807, 2.05) is 0 Å². The molecule has 0 bridgehead atoms. The zero-order valence-electron chi connectivity index (χ0n) is 24.6. The molecule has 4 atom stereocenters. The maximum Gasteiger partial charge on any atom is 0.0931 e. The quantitative estimate of drug-likeness (QED) is 0.256. The normalized spacial score (nSPS) is 25.0. The van der Waals surface area contributed by atoms with Crippen molar-refractivity contribution in [3.63, 3.8) is 0 Å². The van der Waals surface area contributed by atoms with Crippen LogP contribution in [0.1, 0.15) is 56.2 Å². The number of nitrogens with one attached hydrogen (secondary N) is 3. The summed E-state index contributed by atoms with van der Waals surface area (Å²) in [7, 11) is 0. The standard InChI is InChI=1S/C37H41N5/c1-22-32(36(39)35(38)24-6-4-3-5-7-24)16-14-25-8-12-30-19-29(15-17-33(30)37(25)41-22)26-9-10-28-20-31(13-11-27(28)18-26)34-21-40-23(2)42-34/h3-6,9-11,13,15,17-24,35,40-42H,7-8,12,14,16,38-39H2,1-2H3/b36-32+/t22?,23?,24?,35-/m1/s1. The van der Waals surface area contributed by atoms with Crippen LogP contribution in [0.4, 0.5) is 0 Å². The minimum Gasteiger partial charge on any atom is -0.401 e. The second kappa shape index (κ2) is 10.9. The topological polar surface area (TPSA) is 88.1 Å². The average molecular weight is 556 g/mol. The van der Waals surface area contributed by atoms with Gasteiger partial charge < -0.3 is 27.4 Å². The number of hydrogen-bond acceptors (Lipinski definition) is 5. The number of aryl methyl sites for hydroxylation is 1. The first kappa shape index (κ1) is 26.7. The van der Waals surface area contributed by atoms with Gasteiger partial charge in [0.05, 0.1) is 17.9 Å². The van der Waals surface area contributed by atoms with Crippen LogP contribution in [0, 0.1) is 5.92 Å². The molecule has 0 spiro atoms. The number of nitrogens with two attached hydrogens (primary N) is 2. The van der Waals surface area contributed by atoms with Crippen molar-refractivity contribution in [1.29, 1.82) is 0 Å². The lowest BCUT2D eigenvalue weighted by atomic mass is 9.85. The smallest absolute Gasteiger partial charge is 0.0931 e. The predicted molar refractivity (Wildman–Crippen MR) is 176 cm³/mol. The Morgan fingerprint density at radius 3 is 2.33 bits per heavy atom. The summed E-state index contributed by atoms with van der Waals surface area (Å²) in [5.41, 5.74) is 26.0. The van der Waals surface area contributed by atoms with Crippen molar-refractivity contribution in [2.75, 3.05) is 0 Å². The van der Waals surface area contributed by atoms with E-state index in [0.29, 0.717) is 0 Å². The summed E-state index contributed by atoms with van der Waals surface area (Å²) in [6.07, 6.45) is 16.0. The molecule has 2 heterocycles. The van der Waals surface area contributed by atoms with E-state index in [1.165, 1.54) is 55.4 Å². The van der Waals surface area contributed by atoms with Crippen LogP contribution in [0.2, 0.25) is 0 Å². The van der Waals surface area contributed by atoms with E-state index in [2.05, 4.69) is 115 Å². The fraction of sp³-hybridized carbons (Fsp3) is 0.297.